The van der Waals surface area contributed by atoms with Gasteiger partial charge in [0.2, 0.25) is 5.91 Å². The molecular weight excluding hydrogens is 268 g/mol. The molecule has 0 saturated heterocycles. The zero-order chi connectivity index (χ0) is 16.0. The molecule has 1 aromatic heterocycles. The second kappa shape index (κ2) is 7.78. The van der Waals surface area contributed by atoms with Crippen molar-refractivity contribution >= 4 is 17.5 Å². The van der Waals surface area contributed by atoms with Gasteiger partial charge in [-0.05, 0) is 34.1 Å². The maximum absolute atomic E-state index is 12.0. The number of rotatable bonds is 7. The molecule has 1 amide bonds. The van der Waals surface area contributed by atoms with Crippen molar-refractivity contribution in [3.63, 3.8) is 0 Å². The highest BCUT2D eigenvalue weighted by molar-refractivity contribution is 5.84. The first-order valence-corrected chi connectivity index (χ1v) is 7.30. The molecule has 0 saturated carbocycles. The first-order valence-electron chi connectivity index (χ1n) is 7.30. The van der Waals surface area contributed by atoms with Crippen LogP contribution in [0, 0.1) is 6.92 Å². The molecule has 1 atom stereocenters. The average molecular weight is 294 g/mol. The Kier molecular flexibility index (Phi) is 6.36. The highest BCUT2D eigenvalue weighted by atomic mass is 16.2. The Morgan fingerprint density at radius 3 is 2.38 bits per heavy atom. The third-order valence-electron chi connectivity index (χ3n) is 2.98. The Bertz CT molecular complexity index is 489. The van der Waals surface area contributed by atoms with Gasteiger partial charge in [-0.3, -0.25) is 4.79 Å². The van der Waals surface area contributed by atoms with Crippen LogP contribution in [-0.2, 0) is 11.2 Å². The van der Waals surface area contributed by atoms with E-state index < -0.39 is 0 Å². The Morgan fingerprint density at radius 1 is 1.24 bits per heavy atom. The van der Waals surface area contributed by atoms with Crippen molar-refractivity contribution in [2.75, 3.05) is 10.7 Å². The molecule has 0 aliphatic rings. The molecule has 0 aliphatic heterocycles. The van der Waals surface area contributed by atoms with Gasteiger partial charge in [-0.2, -0.15) is 0 Å². The van der Waals surface area contributed by atoms with E-state index in [-0.39, 0.29) is 18.0 Å². The van der Waals surface area contributed by atoms with E-state index in [0.29, 0.717) is 17.5 Å². The maximum Gasteiger partial charge on any atom is 0.242 e. The second-order valence-corrected chi connectivity index (χ2v) is 5.39. The van der Waals surface area contributed by atoms with E-state index in [1.807, 2.05) is 20.8 Å². The number of nitrogens with one attached hydrogen (secondary N) is 3. The number of hydrogen-bond donors (Lipinski definition) is 4. The Hall–Kier alpha value is -1.89. The number of amides is 1. The van der Waals surface area contributed by atoms with Crippen LogP contribution in [-0.4, -0.2) is 28.0 Å². The number of aryl methyl sites for hydroxylation is 1. The fraction of sp³-hybridized carbons (Fsp3) is 0.643. The molecule has 1 heterocycles. The summed E-state index contributed by atoms with van der Waals surface area (Å²) in [5.74, 6) is 7.34. The van der Waals surface area contributed by atoms with E-state index in [0.717, 1.165) is 18.4 Å². The van der Waals surface area contributed by atoms with Crippen LogP contribution in [0.4, 0.5) is 11.6 Å². The molecule has 21 heavy (non-hydrogen) atoms. The predicted octanol–water partition coefficient (Wildman–Crippen LogP) is 1.35. The van der Waals surface area contributed by atoms with E-state index in [4.69, 9.17) is 5.84 Å². The standard InChI is InChI=1S/C14H26N6O/c1-6-7-11-18-12(9(4)13(19-11)20-15)17-10(5)14(21)16-8(2)3/h8,10H,6-7,15H2,1-5H3,(H,16,21)(H2,17,18,19,20). The lowest BCUT2D eigenvalue weighted by molar-refractivity contribution is -0.122. The molecule has 0 fully saturated rings. The molecule has 0 bridgehead atoms. The predicted molar refractivity (Wildman–Crippen MR) is 84.9 cm³/mol. The number of carbonyl (C=O) groups excluding carboxylic acids is 1. The van der Waals surface area contributed by atoms with Gasteiger partial charge in [0.25, 0.3) is 0 Å². The molecule has 1 unspecified atom stereocenters. The highest BCUT2D eigenvalue weighted by Gasteiger charge is 2.17. The fourth-order valence-electron chi connectivity index (χ4n) is 1.86. The second-order valence-electron chi connectivity index (χ2n) is 5.39. The lowest BCUT2D eigenvalue weighted by atomic mass is 10.2. The molecule has 118 valence electrons. The number of anilines is 2. The molecule has 7 nitrogen and oxygen atoms in total. The number of nitrogen functional groups attached to an aromatic ring is 1. The molecular formula is C14H26N6O. The van der Waals surface area contributed by atoms with Gasteiger partial charge in [-0.25, -0.2) is 15.8 Å². The van der Waals surface area contributed by atoms with Gasteiger partial charge in [0.15, 0.2) is 0 Å². The lowest BCUT2D eigenvalue weighted by Gasteiger charge is -2.19. The molecule has 0 aromatic carbocycles. The SMILES string of the molecule is CCCc1nc(NN)c(C)c(NC(C)C(=O)NC(C)C)n1. The number of carbonyl (C=O) groups is 1. The Morgan fingerprint density at radius 2 is 1.86 bits per heavy atom. The smallest absolute Gasteiger partial charge is 0.242 e. The summed E-state index contributed by atoms with van der Waals surface area (Å²) in [5.41, 5.74) is 3.37. The number of nitrogens with two attached hydrogens (primary N) is 1. The van der Waals surface area contributed by atoms with Gasteiger partial charge < -0.3 is 16.1 Å². The van der Waals surface area contributed by atoms with Crippen LogP contribution in [0.5, 0.6) is 0 Å². The number of hydrogen-bond acceptors (Lipinski definition) is 6. The van der Waals surface area contributed by atoms with Crippen LogP contribution in [0.15, 0.2) is 0 Å². The van der Waals surface area contributed by atoms with Gasteiger partial charge in [0.1, 0.15) is 23.5 Å². The number of hydrazine groups is 1. The Balaban J connectivity index is 2.95. The minimum atomic E-state index is -0.388. The van der Waals surface area contributed by atoms with Crippen molar-refractivity contribution in [1.82, 2.24) is 15.3 Å². The molecule has 0 radical (unpaired) electrons. The van der Waals surface area contributed by atoms with Gasteiger partial charge in [-0.15, -0.1) is 0 Å². The molecule has 7 heteroatoms. The topological polar surface area (TPSA) is 105 Å². The van der Waals surface area contributed by atoms with Crippen molar-refractivity contribution in [2.24, 2.45) is 5.84 Å². The summed E-state index contributed by atoms with van der Waals surface area (Å²) >= 11 is 0. The van der Waals surface area contributed by atoms with E-state index in [1.54, 1.807) is 6.92 Å². The summed E-state index contributed by atoms with van der Waals surface area (Å²) in [7, 11) is 0. The lowest BCUT2D eigenvalue weighted by Crippen LogP contribution is -2.41. The first-order chi connectivity index (χ1) is 9.88. The third kappa shape index (κ3) is 4.86. The monoisotopic (exact) mass is 294 g/mol. The molecule has 1 rings (SSSR count). The van der Waals surface area contributed by atoms with Crippen molar-refractivity contribution in [3.8, 4) is 0 Å². The summed E-state index contributed by atoms with van der Waals surface area (Å²) in [6.45, 7) is 9.58. The van der Waals surface area contributed by atoms with Crippen molar-refractivity contribution in [2.45, 2.75) is 59.5 Å². The van der Waals surface area contributed by atoms with E-state index in [9.17, 15) is 4.79 Å². The largest absolute Gasteiger partial charge is 0.358 e. The zero-order valence-corrected chi connectivity index (χ0v) is 13.4. The van der Waals surface area contributed by atoms with E-state index in [2.05, 4.69) is 33.0 Å². The fourth-order valence-corrected chi connectivity index (χ4v) is 1.86. The zero-order valence-electron chi connectivity index (χ0n) is 13.4. The van der Waals surface area contributed by atoms with Crippen LogP contribution < -0.4 is 21.9 Å². The van der Waals surface area contributed by atoms with Crippen LogP contribution in [0.25, 0.3) is 0 Å². The van der Waals surface area contributed by atoms with Gasteiger partial charge in [-0.1, -0.05) is 6.92 Å². The molecule has 0 aliphatic carbocycles. The number of nitrogens with zero attached hydrogens (tertiary/aromatic N) is 2. The van der Waals surface area contributed by atoms with Crippen LogP contribution in [0.2, 0.25) is 0 Å². The summed E-state index contributed by atoms with van der Waals surface area (Å²) in [4.78, 5) is 20.8. The highest BCUT2D eigenvalue weighted by Crippen LogP contribution is 2.20. The molecule has 1 aromatic rings. The summed E-state index contributed by atoms with van der Waals surface area (Å²) in [5, 5.41) is 6.00. The Labute approximate surface area is 126 Å². The summed E-state index contributed by atoms with van der Waals surface area (Å²) in [6, 6.07) is -0.286. The molecule has 5 N–H and O–H groups in total. The van der Waals surface area contributed by atoms with Crippen molar-refractivity contribution in [3.05, 3.63) is 11.4 Å². The first kappa shape index (κ1) is 17.2. The van der Waals surface area contributed by atoms with E-state index >= 15 is 0 Å². The van der Waals surface area contributed by atoms with Gasteiger partial charge in [0.05, 0.1) is 0 Å². The van der Waals surface area contributed by atoms with Crippen molar-refractivity contribution < 1.29 is 4.79 Å². The average Bonchev–Trinajstić information content (AvgIpc) is 2.41. The van der Waals surface area contributed by atoms with Gasteiger partial charge in [0, 0.05) is 18.0 Å². The minimum absolute atomic E-state index is 0.0673. The minimum Gasteiger partial charge on any atom is -0.358 e. The quantitative estimate of drug-likeness (QED) is 0.447. The molecule has 0 spiro atoms. The number of aromatic nitrogens is 2. The maximum atomic E-state index is 12.0. The normalized spacial score (nSPS) is 12.1. The summed E-state index contributed by atoms with van der Waals surface area (Å²) < 4.78 is 0. The van der Waals surface area contributed by atoms with Crippen LogP contribution in [0.3, 0.4) is 0 Å². The van der Waals surface area contributed by atoms with E-state index in [1.165, 1.54) is 0 Å². The third-order valence-corrected chi connectivity index (χ3v) is 2.98. The van der Waals surface area contributed by atoms with Crippen LogP contribution >= 0.6 is 0 Å². The summed E-state index contributed by atoms with van der Waals surface area (Å²) in [6.07, 6.45) is 1.70. The van der Waals surface area contributed by atoms with Crippen LogP contribution in [0.1, 0.15) is 45.5 Å². The van der Waals surface area contributed by atoms with Gasteiger partial charge >= 0.3 is 0 Å². The van der Waals surface area contributed by atoms with Crippen molar-refractivity contribution in [1.29, 1.82) is 0 Å².